The van der Waals surface area contributed by atoms with Gasteiger partial charge in [0.2, 0.25) is 0 Å². The monoisotopic (exact) mass is 374 g/mol. The molecule has 0 amide bonds. The molecule has 0 aromatic heterocycles. The van der Waals surface area contributed by atoms with Gasteiger partial charge in [-0.05, 0) is 0 Å². The molecular formula is C17H34OSn. The number of unbranched alkanes of at least 4 members (excludes halogenated alkanes) is 3. The topological polar surface area (TPSA) is 9.23 Å². The molecule has 0 fully saturated rings. The predicted octanol–water partition coefficient (Wildman–Crippen LogP) is 5.92. The Bertz CT molecular complexity index is 251. The number of hydrogen-bond acceptors (Lipinski definition) is 1. The van der Waals surface area contributed by atoms with Gasteiger partial charge in [0.1, 0.15) is 0 Å². The zero-order valence-electron chi connectivity index (χ0n) is 13.6. The van der Waals surface area contributed by atoms with Gasteiger partial charge in [0.25, 0.3) is 0 Å². The zero-order chi connectivity index (χ0) is 14.1. The van der Waals surface area contributed by atoms with E-state index in [1.54, 1.807) is 3.78 Å². The zero-order valence-corrected chi connectivity index (χ0v) is 16.5. The van der Waals surface area contributed by atoms with Crippen molar-refractivity contribution < 1.29 is 4.74 Å². The maximum atomic E-state index is 6.18. The van der Waals surface area contributed by atoms with Crippen LogP contribution in [0.4, 0.5) is 0 Å². The van der Waals surface area contributed by atoms with Gasteiger partial charge in [-0.2, -0.15) is 0 Å². The summed E-state index contributed by atoms with van der Waals surface area (Å²) < 4.78 is 12.3. The molecule has 0 aliphatic carbocycles. The summed E-state index contributed by atoms with van der Waals surface area (Å²) in [6.45, 7) is 10.3. The fraction of sp³-hybridized carbons (Fsp3) is 0.882. The van der Waals surface area contributed by atoms with E-state index in [0.717, 1.165) is 6.61 Å². The molecule has 1 rings (SSSR count). The van der Waals surface area contributed by atoms with Crippen molar-refractivity contribution in [1.29, 1.82) is 0 Å². The van der Waals surface area contributed by atoms with Gasteiger partial charge in [-0.1, -0.05) is 0 Å². The van der Waals surface area contributed by atoms with Crippen LogP contribution in [0.15, 0.2) is 9.85 Å². The summed E-state index contributed by atoms with van der Waals surface area (Å²) in [5, 5.41) is 0. The van der Waals surface area contributed by atoms with Crippen LogP contribution < -0.4 is 0 Å². The molecule has 0 saturated carbocycles. The Balaban J connectivity index is 2.84. The van der Waals surface area contributed by atoms with Crippen LogP contribution in [0.25, 0.3) is 0 Å². The average Bonchev–Trinajstić information content (AvgIpc) is 2.85. The summed E-state index contributed by atoms with van der Waals surface area (Å²) in [6.07, 6.45) is 10.8. The second-order valence-electron chi connectivity index (χ2n) is 6.41. The Labute approximate surface area is 125 Å². The van der Waals surface area contributed by atoms with E-state index in [0.29, 0.717) is 5.92 Å². The number of rotatable bonds is 10. The van der Waals surface area contributed by atoms with E-state index >= 15 is 0 Å². The first-order chi connectivity index (χ1) is 9.18. The maximum absolute atomic E-state index is 6.18. The van der Waals surface area contributed by atoms with Crippen molar-refractivity contribution in [3.63, 3.8) is 0 Å². The molecule has 1 heterocycles. The minimum absolute atomic E-state index is 0.663. The molecule has 0 radical (unpaired) electrons. The van der Waals surface area contributed by atoms with Gasteiger partial charge in [-0.3, -0.25) is 0 Å². The minimum atomic E-state index is -2.19. The van der Waals surface area contributed by atoms with E-state index in [2.05, 4.69) is 33.8 Å². The molecule has 1 unspecified atom stereocenters. The Morgan fingerprint density at radius 3 is 1.79 bits per heavy atom. The first-order valence-corrected chi connectivity index (χ1v) is 16.0. The number of ether oxygens (including phenoxy) is 1. The summed E-state index contributed by atoms with van der Waals surface area (Å²) in [5.41, 5.74) is 0. The molecule has 0 aromatic rings. The third-order valence-corrected chi connectivity index (χ3v) is 19.6. The molecule has 19 heavy (non-hydrogen) atoms. The standard InChI is InChI=1S/C5H7O.3C4H9.Sn/c1-5-2-3-6-4-5;3*1-3-4-2;/h2,5H,4H2,1H3;3*1,3-4H2,2H3;. The van der Waals surface area contributed by atoms with Crippen LogP contribution in [-0.4, -0.2) is 25.0 Å². The van der Waals surface area contributed by atoms with Gasteiger partial charge in [0.15, 0.2) is 0 Å². The molecule has 1 aliphatic heterocycles. The van der Waals surface area contributed by atoms with Gasteiger partial charge >= 0.3 is 125 Å². The van der Waals surface area contributed by atoms with Gasteiger partial charge in [-0.15, -0.1) is 0 Å². The molecule has 0 saturated heterocycles. The van der Waals surface area contributed by atoms with Gasteiger partial charge in [0, 0.05) is 0 Å². The Hall–Kier alpha value is 0.339. The van der Waals surface area contributed by atoms with Crippen molar-refractivity contribution in [2.75, 3.05) is 6.61 Å². The van der Waals surface area contributed by atoms with Gasteiger partial charge in [0.05, 0.1) is 0 Å². The Kier molecular flexibility index (Phi) is 8.52. The van der Waals surface area contributed by atoms with E-state index in [1.807, 2.05) is 0 Å². The Morgan fingerprint density at radius 1 is 1.00 bits per heavy atom. The third kappa shape index (κ3) is 5.32. The fourth-order valence-electron chi connectivity index (χ4n) is 3.20. The van der Waals surface area contributed by atoms with Crippen LogP contribution in [0, 0.1) is 5.92 Å². The molecule has 1 nitrogen and oxygen atoms in total. The van der Waals surface area contributed by atoms with Crippen molar-refractivity contribution in [3.05, 3.63) is 9.85 Å². The normalized spacial score (nSPS) is 19.4. The first-order valence-electron chi connectivity index (χ1n) is 8.53. The SMILES string of the molecule is CCC[CH2][Sn]([CH2]CCC)([CH2]CCC)[C]1=CC(C)CO1. The van der Waals surface area contributed by atoms with Gasteiger partial charge < -0.3 is 0 Å². The second-order valence-corrected chi connectivity index (χ2v) is 19.4. The average molecular weight is 373 g/mol. The van der Waals surface area contributed by atoms with E-state index < -0.39 is 18.4 Å². The quantitative estimate of drug-likeness (QED) is 0.432. The fourth-order valence-corrected chi connectivity index (χ4v) is 19.2. The molecule has 1 atom stereocenters. The molecule has 0 bridgehead atoms. The van der Waals surface area contributed by atoms with Crippen LogP contribution in [-0.2, 0) is 4.74 Å². The summed E-state index contributed by atoms with van der Waals surface area (Å²) in [6, 6.07) is 0. The van der Waals surface area contributed by atoms with Crippen LogP contribution in [0.3, 0.4) is 0 Å². The summed E-state index contributed by atoms with van der Waals surface area (Å²) >= 11 is -2.19. The van der Waals surface area contributed by atoms with Crippen molar-refractivity contribution in [1.82, 2.24) is 0 Å². The molecular weight excluding hydrogens is 339 g/mol. The molecule has 0 spiro atoms. The van der Waals surface area contributed by atoms with E-state index in [4.69, 9.17) is 4.74 Å². The molecule has 112 valence electrons. The van der Waals surface area contributed by atoms with Crippen molar-refractivity contribution in [2.45, 2.75) is 79.5 Å². The van der Waals surface area contributed by atoms with Gasteiger partial charge in [-0.25, -0.2) is 0 Å². The molecule has 0 N–H and O–H groups in total. The second kappa shape index (κ2) is 9.31. The van der Waals surface area contributed by atoms with E-state index in [9.17, 15) is 0 Å². The summed E-state index contributed by atoms with van der Waals surface area (Å²) in [4.78, 5) is 0. The van der Waals surface area contributed by atoms with Crippen molar-refractivity contribution in [3.8, 4) is 0 Å². The van der Waals surface area contributed by atoms with E-state index in [-0.39, 0.29) is 0 Å². The van der Waals surface area contributed by atoms with Crippen molar-refractivity contribution >= 4 is 18.4 Å². The predicted molar refractivity (Wildman–Crippen MR) is 88.1 cm³/mol. The van der Waals surface area contributed by atoms with Crippen LogP contribution >= 0.6 is 0 Å². The number of hydrogen-bond donors (Lipinski definition) is 0. The van der Waals surface area contributed by atoms with Crippen molar-refractivity contribution in [2.24, 2.45) is 5.92 Å². The van der Waals surface area contributed by atoms with Crippen LogP contribution in [0.2, 0.25) is 13.3 Å². The molecule has 2 heteroatoms. The molecule has 0 aromatic carbocycles. The summed E-state index contributed by atoms with van der Waals surface area (Å²) in [5.74, 6) is 0.663. The third-order valence-electron chi connectivity index (χ3n) is 4.49. The van der Waals surface area contributed by atoms with E-state index in [1.165, 1.54) is 51.8 Å². The van der Waals surface area contributed by atoms with Crippen LogP contribution in [0.5, 0.6) is 0 Å². The summed E-state index contributed by atoms with van der Waals surface area (Å²) in [7, 11) is 0. The first kappa shape index (κ1) is 17.4. The molecule has 1 aliphatic rings. The van der Waals surface area contributed by atoms with Crippen LogP contribution in [0.1, 0.15) is 66.2 Å². The Morgan fingerprint density at radius 2 is 1.47 bits per heavy atom.